The van der Waals surface area contributed by atoms with E-state index in [1.54, 1.807) is 0 Å². The van der Waals surface area contributed by atoms with Crippen molar-refractivity contribution in [2.75, 3.05) is 0 Å². The van der Waals surface area contributed by atoms with E-state index < -0.39 is 9.20 Å². The number of alkyl halides is 4. The molecule has 1 fully saturated rings. The highest BCUT2D eigenvalue weighted by Gasteiger charge is 2.70. The standard InChI is InChI=1S/C8H10Br4O2/c1-7(2)3(5(13)14)4(7)8(11,12)6(9)10/h3-4,6H,1-2H3,(H,13,14)/t3-,4-/m0/s1. The minimum absolute atomic E-state index is 0.0175. The summed E-state index contributed by atoms with van der Waals surface area (Å²) in [6, 6.07) is 0. The molecule has 0 radical (unpaired) electrons. The third-order valence-corrected chi connectivity index (χ3v) is 8.60. The molecule has 1 aliphatic rings. The first kappa shape index (κ1) is 13.5. The Morgan fingerprint density at radius 1 is 1.43 bits per heavy atom. The zero-order valence-electron chi connectivity index (χ0n) is 7.60. The van der Waals surface area contributed by atoms with E-state index >= 15 is 0 Å². The van der Waals surface area contributed by atoms with Gasteiger partial charge in [-0.2, -0.15) is 0 Å². The molecule has 2 atom stereocenters. The van der Waals surface area contributed by atoms with Gasteiger partial charge < -0.3 is 5.11 Å². The van der Waals surface area contributed by atoms with Gasteiger partial charge in [0.2, 0.25) is 0 Å². The summed E-state index contributed by atoms with van der Waals surface area (Å²) in [6.45, 7) is 3.94. The maximum atomic E-state index is 11.0. The second-order valence-corrected chi connectivity index (χ2v) is 10.8. The molecule has 0 aromatic carbocycles. The maximum absolute atomic E-state index is 11.0. The molecule has 6 heteroatoms. The topological polar surface area (TPSA) is 37.3 Å². The molecule has 2 nitrogen and oxygen atoms in total. The summed E-state index contributed by atoms with van der Waals surface area (Å²) in [5, 5.41) is 9.03. The molecule has 1 rings (SSSR count). The Hall–Kier alpha value is 1.39. The smallest absolute Gasteiger partial charge is 0.307 e. The monoisotopic (exact) mass is 454 g/mol. The second kappa shape index (κ2) is 4.00. The molecule has 0 aromatic rings. The SMILES string of the molecule is CC1(C)[C@H](C(=O)O)[C@@H]1C(Br)(Br)C(Br)Br. The van der Waals surface area contributed by atoms with Gasteiger partial charge in [-0.1, -0.05) is 77.6 Å². The third kappa shape index (κ3) is 2.09. The van der Waals surface area contributed by atoms with Gasteiger partial charge in [-0.25, -0.2) is 0 Å². The molecule has 0 saturated heterocycles. The molecule has 14 heavy (non-hydrogen) atoms. The molecular weight excluding hydrogens is 448 g/mol. The summed E-state index contributed by atoms with van der Waals surface area (Å²) in [5.74, 6) is -0.987. The molecule has 0 unspecified atom stereocenters. The van der Waals surface area contributed by atoms with Gasteiger partial charge in [-0.15, -0.1) is 0 Å². The highest BCUT2D eigenvalue weighted by atomic mass is 79.9. The third-order valence-electron chi connectivity index (χ3n) is 2.80. The van der Waals surface area contributed by atoms with E-state index in [0.717, 1.165) is 0 Å². The van der Waals surface area contributed by atoms with Gasteiger partial charge in [-0.05, 0) is 5.41 Å². The minimum atomic E-state index is -0.732. The van der Waals surface area contributed by atoms with Crippen LogP contribution in [-0.4, -0.2) is 18.0 Å². The Bertz CT molecular complexity index is 262. The Kier molecular flexibility index (Phi) is 3.85. The van der Waals surface area contributed by atoms with Crippen LogP contribution in [0.15, 0.2) is 0 Å². The van der Waals surface area contributed by atoms with E-state index in [1.807, 2.05) is 13.8 Å². The van der Waals surface area contributed by atoms with Crippen LogP contribution in [0.2, 0.25) is 0 Å². The lowest BCUT2D eigenvalue weighted by atomic mass is 10.1. The lowest BCUT2D eigenvalue weighted by molar-refractivity contribution is -0.139. The summed E-state index contributed by atoms with van der Waals surface area (Å²) in [4.78, 5) is 11.0. The van der Waals surface area contributed by atoms with Crippen LogP contribution in [-0.2, 0) is 4.79 Å². The largest absolute Gasteiger partial charge is 0.481 e. The van der Waals surface area contributed by atoms with Gasteiger partial charge in [0.25, 0.3) is 0 Å². The molecule has 1 N–H and O–H groups in total. The highest BCUT2D eigenvalue weighted by molar-refractivity contribution is 9.30. The van der Waals surface area contributed by atoms with Crippen molar-refractivity contribution in [2.24, 2.45) is 17.3 Å². The van der Waals surface area contributed by atoms with Crippen molar-refractivity contribution in [3.63, 3.8) is 0 Å². The molecule has 1 saturated carbocycles. The fraction of sp³-hybridized carbons (Fsp3) is 0.875. The van der Waals surface area contributed by atoms with Crippen molar-refractivity contribution in [2.45, 2.75) is 20.8 Å². The van der Waals surface area contributed by atoms with Crippen LogP contribution in [0, 0.1) is 17.3 Å². The average molecular weight is 458 g/mol. The molecule has 0 bridgehead atoms. The first-order valence-electron chi connectivity index (χ1n) is 4.02. The number of carboxylic acid groups (broad SMARTS) is 1. The quantitative estimate of drug-likeness (QED) is 0.652. The number of carboxylic acids is 1. The minimum Gasteiger partial charge on any atom is -0.481 e. The molecule has 82 valence electrons. The molecule has 0 amide bonds. The van der Waals surface area contributed by atoms with E-state index in [0.29, 0.717) is 0 Å². The van der Waals surface area contributed by atoms with Crippen molar-refractivity contribution >= 4 is 69.7 Å². The van der Waals surface area contributed by atoms with E-state index in [-0.39, 0.29) is 21.0 Å². The Morgan fingerprint density at radius 2 is 1.86 bits per heavy atom. The van der Waals surface area contributed by atoms with E-state index in [1.165, 1.54) is 0 Å². The predicted octanol–water partition coefficient (Wildman–Crippen LogP) is 3.95. The summed E-state index contributed by atoms with van der Waals surface area (Å²) in [5.41, 5.74) is -0.182. The van der Waals surface area contributed by atoms with Crippen molar-refractivity contribution in [1.82, 2.24) is 0 Å². The van der Waals surface area contributed by atoms with Crippen LogP contribution in [0.1, 0.15) is 13.8 Å². The molecule has 0 aromatic heterocycles. The van der Waals surface area contributed by atoms with Crippen molar-refractivity contribution < 1.29 is 9.90 Å². The van der Waals surface area contributed by atoms with Crippen molar-refractivity contribution in [1.29, 1.82) is 0 Å². The van der Waals surface area contributed by atoms with Gasteiger partial charge in [-0.3, -0.25) is 4.79 Å². The fourth-order valence-electron chi connectivity index (χ4n) is 1.95. The van der Waals surface area contributed by atoms with Gasteiger partial charge >= 0.3 is 5.97 Å². The summed E-state index contributed by atoms with van der Waals surface area (Å²) >= 11 is 13.8. The number of hydrogen-bond donors (Lipinski definition) is 1. The molecule has 1 aliphatic carbocycles. The average Bonchev–Trinajstić information content (AvgIpc) is 2.53. The van der Waals surface area contributed by atoms with Gasteiger partial charge in [0.05, 0.1) is 9.65 Å². The van der Waals surface area contributed by atoms with E-state index in [9.17, 15) is 4.79 Å². The number of hydrogen-bond acceptors (Lipinski definition) is 1. The summed E-state index contributed by atoms with van der Waals surface area (Å²) in [6.07, 6.45) is 0. The number of carbonyl (C=O) groups is 1. The van der Waals surface area contributed by atoms with Crippen LogP contribution in [0.4, 0.5) is 0 Å². The Morgan fingerprint density at radius 3 is 2.07 bits per heavy atom. The van der Waals surface area contributed by atoms with Crippen LogP contribution in [0.5, 0.6) is 0 Å². The molecule has 0 spiro atoms. The number of rotatable bonds is 3. The number of halogens is 4. The van der Waals surface area contributed by atoms with Crippen LogP contribution in [0.3, 0.4) is 0 Å². The molecule has 0 heterocycles. The lowest BCUT2D eigenvalue weighted by Gasteiger charge is -2.23. The van der Waals surface area contributed by atoms with Crippen LogP contribution >= 0.6 is 63.7 Å². The molecular formula is C8H10Br4O2. The predicted molar refractivity (Wildman–Crippen MR) is 70.6 cm³/mol. The Balaban J connectivity index is 2.88. The first-order chi connectivity index (χ1) is 6.13. The van der Waals surface area contributed by atoms with Crippen LogP contribution < -0.4 is 0 Å². The van der Waals surface area contributed by atoms with Gasteiger partial charge in [0.1, 0.15) is 3.23 Å². The van der Waals surface area contributed by atoms with E-state index in [4.69, 9.17) is 5.11 Å². The Labute approximate surface area is 117 Å². The summed E-state index contributed by atoms with van der Waals surface area (Å²) < 4.78 is -0.442. The van der Waals surface area contributed by atoms with Gasteiger partial charge in [0.15, 0.2) is 0 Å². The maximum Gasteiger partial charge on any atom is 0.307 e. The second-order valence-electron chi connectivity index (χ2n) is 4.09. The zero-order chi connectivity index (χ0) is 11.3. The first-order valence-corrected chi connectivity index (χ1v) is 7.44. The van der Waals surface area contributed by atoms with E-state index in [2.05, 4.69) is 63.7 Å². The fourth-order valence-corrected chi connectivity index (χ4v) is 4.23. The van der Waals surface area contributed by atoms with Crippen molar-refractivity contribution in [3.8, 4) is 0 Å². The zero-order valence-corrected chi connectivity index (χ0v) is 13.9. The van der Waals surface area contributed by atoms with Crippen molar-refractivity contribution in [3.05, 3.63) is 0 Å². The van der Waals surface area contributed by atoms with Crippen LogP contribution in [0.25, 0.3) is 0 Å². The lowest BCUT2D eigenvalue weighted by Crippen LogP contribution is -2.26. The summed E-state index contributed by atoms with van der Waals surface area (Å²) in [7, 11) is 0. The molecule has 0 aliphatic heterocycles. The number of aliphatic carboxylic acids is 1. The normalized spacial score (nSPS) is 30.5. The highest BCUT2D eigenvalue weighted by Crippen LogP contribution is 2.69. The van der Waals surface area contributed by atoms with Gasteiger partial charge in [0, 0.05) is 5.92 Å².